The fourth-order valence-corrected chi connectivity index (χ4v) is 4.16. The Balaban J connectivity index is 2.14. The molecule has 1 atom stereocenters. The van der Waals surface area contributed by atoms with Gasteiger partial charge in [-0.1, -0.05) is 0 Å². The van der Waals surface area contributed by atoms with Crippen molar-refractivity contribution in [2.45, 2.75) is 49.9 Å². The van der Waals surface area contributed by atoms with Gasteiger partial charge in [-0.05, 0) is 45.4 Å². The number of nitrogen functional groups attached to an aromatic ring is 1. The number of nitrogens with two attached hydrogens (primary N) is 1. The maximum atomic E-state index is 13.0. The van der Waals surface area contributed by atoms with E-state index in [1.54, 1.807) is 20.8 Å². The van der Waals surface area contributed by atoms with Crippen LogP contribution in [0.2, 0.25) is 0 Å². The van der Waals surface area contributed by atoms with Crippen LogP contribution in [0.3, 0.4) is 0 Å². The monoisotopic (exact) mass is 409 g/mol. The number of hydrogen-bond donors (Lipinski definition) is 2. The Morgan fingerprint density at radius 3 is 2.48 bits per heavy atom. The van der Waals surface area contributed by atoms with Crippen LogP contribution < -0.4 is 11.1 Å². The van der Waals surface area contributed by atoms with E-state index in [0.29, 0.717) is 12.5 Å². The van der Waals surface area contributed by atoms with Crippen LogP contribution in [0.4, 0.5) is 23.7 Å². The zero-order valence-corrected chi connectivity index (χ0v) is 15.9. The fourth-order valence-electron chi connectivity index (χ4n) is 2.63. The minimum atomic E-state index is -4.76. The third kappa shape index (κ3) is 5.25. The van der Waals surface area contributed by atoms with E-state index < -0.39 is 50.1 Å². The minimum Gasteiger partial charge on any atom is -0.444 e. The predicted molar refractivity (Wildman–Crippen MR) is 92.4 cm³/mol. The first-order valence-corrected chi connectivity index (χ1v) is 9.60. The lowest BCUT2D eigenvalue weighted by molar-refractivity contribution is -0.137. The Hall–Kier alpha value is -2.01. The quantitative estimate of drug-likeness (QED) is 0.747. The van der Waals surface area contributed by atoms with Gasteiger partial charge in [-0.2, -0.15) is 17.5 Å². The summed E-state index contributed by atoms with van der Waals surface area (Å²) in [6, 6.07) is 1.99. The third-order valence-electron chi connectivity index (χ3n) is 3.84. The number of amides is 1. The summed E-state index contributed by atoms with van der Waals surface area (Å²) in [5.41, 5.74) is 2.86. The molecule has 3 N–H and O–H groups in total. The molecule has 0 radical (unpaired) electrons. The van der Waals surface area contributed by atoms with Crippen molar-refractivity contribution in [1.82, 2.24) is 9.62 Å². The molecule has 1 aliphatic heterocycles. The topological polar surface area (TPSA) is 102 Å². The summed E-state index contributed by atoms with van der Waals surface area (Å²) >= 11 is 0. The first-order chi connectivity index (χ1) is 12.2. The van der Waals surface area contributed by atoms with Crippen LogP contribution in [0.15, 0.2) is 23.1 Å². The number of nitrogens with zero attached hydrogens (tertiary/aromatic N) is 1. The predicted octanol–water partition coefficient (Wildman–Crippen LogP) is 2.58. The molecule has 152 valence electrons. The summed E-state index contributed by atoms with van der Waals surface area (Å²) in [6.07, 6.45) is -5.13. The molecular weight excluding hydrogens is 387 g/mol. The number of ether oxygens (including phenoxy) is 1. The first-order valence-electron chi connectivity index (χ1n) is 8.16. The van der Waals surface area contributed by atoms with Crippen molar-refractivity contribution < 1.29 is 31.1 Å². The lowest BCUT2D eigenvalue weighted by Crippen LogP contribution is -2.41. The van der Waals surface area contributed by atoms with Crippen LogP contribution in [-0.2, 0) is 20.9 Å². The van der Waals surface area contributed by atoms with E-state index in [9.17, 15) is 26.4 Å². The number of halogens is 3. The highest BCUT2D eigenvalue weighted by Gasteiger charge is 2.37. The molecule has 0 bridgehead atoms. The van der Waals surface area contributed by atoms with Gasteiger partial charge in [0.05, 0.1) is 10.5 Å². The average Bonchev–Trinajstić information content (AvgIpc) is 2.93. The lowest BCUT2D eigenvalue weighted by Gasteiger charge is -2.22. The molecule has 11 heteroatoms. The van der Waals surface area contributed by atoms with Crippen LogP contribution >= 0.6 is 0 Å². The van der Waals surface area contributed by atoms with Gasteiger partial charge in [0.2, 0.25) is 10.0 Å². The highest BCUT2D eigenvalue weighted by atomic mass is 32.2. The van der Waals surface area contributed by atoms with Gasteiger partial charge in [0.15, 0.2) is 0 Å². The summed E-state index contributed by atoms with van der Waals surface area (Å²) in [7, 11) is -4.16. The third-order valence-corrected chi connectivity index (χ3v) is 5.70. The number of alkyl carbamates (subject to hydrolysis) is 1. The van der Waals surface area contributed by atoms with E-state index in [0.717, 1.165) is 16.4 Å². The molecule has 1 aromatic rings. The molecule has 0 spiro atoms. The molecule has 1 heterocycles. The molecule has 1 amide bonds. The van der Waals surface area contributed by atoms with Crippen molar-refractivity contribution in [3.63, 3.8) is 0 Å². The summed E-state index contributed by atoms with van der Waals surface area (Å²) < 4.78 is 70.4. The Labute approximate surface area is 155 Å². The van der Waals surface area contributed by atoms with E-state index >= 15 is 0 Å². The SMILES string of the molecule is CC(C)(C)OC(=O)NC1CCN(S(=O)(=O)c2ccc(N)c(C(F)(F)F)c2)C1. The van der Waals surface area contributed by atoms with Gasteiger partial charge in [0, 0.05) is 24.8 Å². The number of nitrogens with one attached hydrogen (secondary N) is 1. The fraction of sp³-hybridized carbons (Fsp3) is 0.562. The van der Waals surface area contributed by atoms with E-state index in [2.05, 4.69) is 5.32 Å². The van der Waals surface area contributed by atoms with Gasteiger partial charge < -0.3 is 15.8 Å². The molecule has 1 aromatic carbocycles. The Bertz CT molecular complexity index is 819. The van der Waals surface area contributed by atoms with E-state index in [1.807, 2.05) is 0 Å². The maximum absolute atomic E-state index is 13.0. The molecule has 0 saturated carbocycles. The van der Waals surface area contributed by atoms with Crippen molar-refractivity contribution in [3.8, 4) is 0 Å². The van der Waals surface area contributed by atoms with Crippen molar-refractivity contribution in [3.05, 3.63) is 23.8 Å². The van der Waals surface area contributed by atoms with Crippen LogP contribution in [-0.4, -0.2) is 43.5 Å². The molecule has 1 aliphatic rings. The minimum absolute atomic E-state index is 0.0622. The molecule has 0 aromatic heterocycles. The Morgan fingerprint density at radius 2 is 1.93 bits per heavy atom. The molecule has 1 fully saturated rings. The van der Waals surface area contributed by atoms with E-state index in [-0.39, 0.29) is 13.1 Å². The second kappa shape index (κ2) is 7.19. The number of rotatable bonds is 3. The van der Waals surface area contributed by atoms with Gasteiger partial charge in [-0.3, -0.25) is 0 Å². The Morgan fingerprint density at radius 1 is 1.30 bits per heavy atom. The lowest BCUT2D eigenvalue weighted by atomic mass is 10.2. The number of benzene rings is 1. The van der Waals surface area contributed by atoms with Crippen LogP contribution in [0.5, 0.6) is 0 Å². The number of hydrogen-bond acceptors (Lipinski definition) is 5. The van der Waals surface area contributed by atoms with Gasteiger partial charge in [0.1, 0.15) is 5.60 Å². The summed E-state index contributed by atoms with van der Waals surface area (Å²) in [4.78, 5) is 11.3. The largest absolute Gasteiger partial charge is 0.444 e. The number of anilines is 1. The summed E-state index contributed by atoms with van der Waals surface area (Å²) in [6.45, 7) is 5.08. The molecule has 1 unspecified atom stereocenters. The second-order valence-electron chi connectivity index (χ2n) is 7.24. The Kier molecular flexibility index (Phi) is 5.67. The smallest absolute Gasteiger partial charge is 0.418 e. The van der Waals surface area contributed by atoms with Crippen LogP contribution in [0.1, 0.15) is 32.8 Å². The number of sulfonamides is 1. The zero-order chi connectivity index (χ0) is 20.6. The number of carbonyl (C=O) groups excluding carboxylic acids is 1. The van der Waals surface area contributed by atoms with Gasteiger partial charge >= 0.3 is 12.3 Å². The van der Waals surface area contributed by atoms with Crippen molar-refractivity contribution in [1.29, 1.82) is 0 Å². The second-order valence-corrected chi connectivity index (χ2v) is 9.18. The molecule has 0 aliphatic carbocycles. The molecule has 2 rings (SSSR count). The van der Waals surface area contributed by atoms with Crippen molar-refractivity contribution >= 4 is 21.8 Å². The number of alkyl halides is 3. The normalized spacial score (nSPS) is 19.1. The van der Waals surface area contributed by atoms with Crippen LogP contribution in [0, 0.1) is 0 Å². The molecular formula is C16H22F3N3O4S. The van der Waals surface area contributed by atoms with E-state index in [4.69, 9.17) is 10.5 Å². The standard InChI is InChI=1S/C16H22F3N3O4S/c1-15(2,3)26-14(23)21-10-6-7-22(9-10)27(24,25)11-4-5-13(20)12(8-11)16(17,18)19/h4-5,8,10H,6-7,9,20H2,1-3H3,(H,21,23). The van der Waals surface area contributed by atoms with Gasteiger partial charge in [0.25, 0.3) is 0 Å². The average molecular weight is 409 g/mol. The van der Waals surface area contributed by atoms with Crippen molar-refractivity contribution in [2.24, 2.45) is 0 Å². The van der Waals surface area contributed by atoms with Crippen molar-refractivity contribution in [2.75, 3.05) is 18.8 Å². The molecule has 27 heavy (non-hydrogen) atoms. The molecule has 7 nitrogen and oxygen atoms in total. The summed E-state index contributed by atoms with van der Waals surface area (Å²) in [5.74, 6) is 0. The maximum Gasteiger partial charge on any atom is 0.418 e. The molecule has 1 saturated heterocycles. The summed E-state index contributed by atoms with van der Waals surface area (Å²) in [5, 5.41) is 2.57. The number of carbonyl (C=O) groups is 1. The van der Waals surface area contributed by atoms with Crippen LogP contribution in [0.25, 0.3) is 0 Å². The van der Waals surface area contributed by atoms with E-state index in [1.165, 1.54) is 0 Å². The highest BCUT2D eigenvalue weighted by Crippen LogP contribution is 2.35. The van der Waals surface area contributed by atoms with Gasteiger partial charge in [-0.15, -0.1) is 0 Å². The highest BCUT2D eigenvalue weighted by molar-refractivity contribution is 7.89. The zero-order valence-electron chi connectivity index (χ0n) is 15.1. The van der Waals surface area contributed by atoms with Gasteiger partial charge in [-0.25, -0.2) is 13.2 Å². The first kappa shape index (κ1) is 21.3.